The van der Waals surface area contributed by atoms with Crippen LogP contribution in [-0.2, 0) is 4.79 Å². The van der Waals surface area contributed by atoms with Gasteiger partial charge in [-0.25, -0.2) is 0 Å². The van der Waals surface area contributed by atoms with E-state index < -0.39 is 11.2 Å². The Morgan fingerprint density at radius 3 is 2.43 bits per heavy atom. The maximum absolute atomic E-state index is 9.95. The highest BCUT2D eigenvalue weighted by Crippen LogP contribution is 1.82. The average Bonchev–Trinajstić information content (AvgIpc) is 1.65. The van der Waals surface area contributed by atoms with Gasteiger partial charge in [-0.05, 0) is 0 Å². The second-order valence-electron chi connectivity index (χ2n) is 1.13. The van der Waals surface area contributed by atoms with E-state index in [1.807, 2.05) is 0 Å². The molecule has 7 heavy (non-hydrogen) atoms. The molecule has 0 amide bonds. The van der Waals surface area contributed by atoms with Crippen molar-refractivity contribution in [1.29, 1.82) is 0 Å². The number of aliphatic hydroxyl groups is 1. The molecule has 0 aliphatic carbocycles. The summed E-state index contributed by atoms with van der Waals surface area (Å²) in [5.74, 6) is 0. The van der Waals surface area contributed by atoms with Crippen LogP contribution in [0.15, 0.2) is 0 Å². The fraction of sp³-hybridized carbons (Fsp3) is 0.667. The molecule has 0 aliphatic rings. The lowest BCUT2D eigenvalue weighted by atomic mass is 10.4. The zero-order valence-electron chi connectivity index (χ0n) is 3.66. The molecule has 42 valence electrons. The van der Waals surface area contributed by atoms with Crippen LogP contribution in [0.25, 0.3) is 0 Å². The lowest BCUT2D eigenvalue weighted by Gasteiger charge is -1.97. The minimum Gasteiger partial charge on any atom is -0.394 e. The van der Waals surface area contributed by atoms with Crippen LogP contribution in [0, 0.1) is 0 Å². The largest absolute Gasteiger partial charge is 0.394 e. The van der Waals surface area contributed by atoms with Crippen LogP contribution < -0.4 is 5.73 Å². The van der Waals surface area contributed by atoms with E-state index in [1.54, 1.807) is 0 Å². The Morgan fingerprint density at radius 2 is 2.43 bits per heavy atom. The van der Waals surface area contributed by atoms with Crippen LogP contribution in [0.4, 0.5) is 0 Å². The van der Waals surface area contributed by atoms with Crippen molar-refractivity contribution >= 4 is 17.7 Å². The standard InChI is InChI=1S/C3H7NO2S/c4-2(1-5)3(6)7/h2,5H,1,4H2,(H,6,7)/t2-/m1/s1. The molecular formula is C3H7NO2S. The molecule has 3 nitrogen and oxygen atoms in total. The molecule has 0 unspecified atom stereocenters. The van der Waals surface area contributed by atoms with Crippen molar-refractivity contribution in [2.24, 2.45) is 5.73 Å². The van der Waals surface area contributed by atoms with Gasteiger partial charge in [0.25, 0.3) is 0 Å². The Kier molecular flexibility index (Phi) is 2.98. The molecule has 3 N–H and O–H groups in total. The highest BCUT2D eigenvalue weighted by molar-refractivity contribution is 7.96. The van der Waals surface area contributed by atoms with E-state index in [-0.39, 0.29) is 6.61 Å². The van der Waals surface area contributed by atoms with Gasteiger partial charge in [0.2, 0.25) is 5.12 Å². The predicted molar refractivity (Wildman–Crippen MR) is 29.1 cm³/mol. The monoisotopic (exact) mass is 121 g/mol. The topological polar surface area (TPSA) is 63.3 Å². The number of aliphatic hydroxyl groups excluding tert-OH is 1. The van der Waals surface area contributed by atoms with E-state index in [9.17, 15) is 4.79 Å². The first-order valence-electron chi connectivity index (χ1n) is 1.77. The number of thiol groups is 1. The zero-order valence-corrected chi connectivity index (χ0v) is 4.56. The number of carbonyl (C=O) groups is 1. The van der Waals surface area contributed by atoms with Crippen LogP contribution in [0.5, 0.6) is 0 Å². The summed E-state index contributed by atoms with van der Waals surface area (Å²) in [6.45, 7) is -0.331. The molecule has 0 radical (unpaired) electrons. The summed E-state index contributed by atoms with van der Waals surface area (Å²) in [7, 11) is 0. The lowest BCUT2D eigenvalue weighted by Crippen LogP contribution is -2.30. The molecule has 4 heteroatoms. The molecule has 0 aromatic heterocycles. The molecule has 0 heterocycles. The van der Waals surface area contributed by atoms with Gasteiger partial charge >= 0.3 is 0 Å². The smallest absolute Gasteiger partial charge is 0.204 e. The molecule has 0 spiro atoms. The maximum atomic E-state index is 9.95. The van der Waals surface area contributed by atoms with Crippen molar-refractivity contribution in [1.82, 2.24) is 0 Å². The molecule has 1 atom stereocenters. The average molecular weight is 121 g/mol. The van der Waals surface area contributed by atoms with Gasteiger partial charge in [0.05, 0.1) is 12.6 Å². The Bertz CT molecular complexity index is 75.3. The summed E-state index contributed by atoms with van der Waals surface area (Å²) >= 11 is 3.35. The van der Waals surface area contributed by atoms with E-state index in [2.05, 4.69) is 12.6 Å². The highest BCUT2D eigenvalue weighted by Gasteiger charge is 2.04. The SMILES string of the molecule is N[C@H](CO)C(=O)S. The first-order valence-corrected chi connectivity index (χ1v) is 2.22. The second-order valence-corrected chi connectivity index (χ2v) is 1.57. The third kappa shape index (κ3) is 2.61. The molecule has 0 saturated heterocycles. The van der Waals surface area contributed by atoms with Gasteiger partial charge in [-0.1, -0.05) is 0 Å². The van der Waals surface area contributed by atoms with E-state index >= 15 is 0 Å². The fourth-order valence-electron chi connectivity index (χ4n) is 0.0781. The third-order valence-electron chi connectivity index (χ3n) is 0.514. The van der Waals surface area contributed by atoms with Gasteiger partial charge in [0.15, 0.2) is 0 Å². The number of rotatable bonds is 2. The van der Waals surface area contributed by atoms with E-state index in [0.717, 1.165) is 0 Å². The molecular weight excluding hydrogens is 114 g/mol. The summed E-state index contributed by atoms with van der Waals surface area (Å²) in [6, 6.07) is -0.816. The van der Waals surface area contributed by atoms with E-state index in [0.29, 0.717) is 0 Å². The van der Waals surface area contributed by atoms with Crippen molar-refractivity contribution in [3.63, 3.8) is 0 Å². The summed E-state index contributed by atoms with van der Waals surface area (Å²) in [5.41, 5.74) is 4.94. The fourth-order valence-corrected chi connectivity index (χ4v) is 0.160. The Balaban J connectivity index is 3.34. The molecule has 0 bridgehead atoms. The summed E-state index contributed by atoms with van der Waals surface area (Å²) in [4.78, 5) is 9.95. The van der Waals surface area contributed by atoms with Gasteiger partial charge in [-0.2, -0.15) is 0 Å². The Labute approximate surface area is 46.9 Å². The summed E-state index contributed by atoms with van der Waals surface area (Å²) < 4.78 is 0. The maximum Gasteiger partial charge on any atom is 0.204 e. The normalized spacial score (nSPS) is 13.6. The van der Waals surface area contributed by atoms with Crippen molar-refractivity contribution in [2.45, 2.75) is 6.04 Å². The van der Waals surface area contributed by atoms with Crippen LogP contribution in [0.2, 0.25) is 0 Å². The van der Waals surface area contributed by atoms with E-state index in [4.69, 9.17) is 10.8 Å². The molecule has 0 aromatic rings. The molecule has 0 rings (SSSR count). The Hall–Kier alpha value is -0.0600. The molecule has 0 aromatic carbocycles. The van der Waals surface area contributed by atoms with Gasteiger partial charge in [0.1, 0.15) is 0 Å². The van der Waals surface area contributed by atoms with Gasteiger partial charge in [-0.15, -0.1) is 12.6 Å². The van der Waals surface area contributed by atoms with Crippen LogP contribution >= 0.6 is 12.6 Å². The quantitative estimate of drug-likeness (QED) is 0.400. The molecule has 0 saturated carbocycles. The Morgan fingerprint density at radius 1 is 2.00 bits per heavy atom. The summed E-state index contributed by atoms with van der Waals surface area (Å²) in [5, 5.41) is 7.63. The number of hydrogen-bond acceptors (Lipinski definition) is 3. The van der Waals surface area contributed by atoms with Crippen molar-refractivity contribution in [2.75, 3.05) is 6.61 Å². The zero-order chi connectivity index (χ0) is 5.86. The third-order valence-corrected chi connectivity index (χ3v) is 0.846. The number of nitrogens with two attached hydrogens (primary N) is 1. The minimum atomic E-state index is -0.816. The first-order chi connectivity index (χ1) is 3.18. The van der Waals surface area contributed by atoms with Crippen LogP contribution in [0.3, 0.4) is 0 Å². The first kappa shape index (κ1) is 6.94. The van der Waals surface area contributed by atoms with Crippen molar-refractivity contribution in [3.8, 4) is 0 Å². The van der Waals surface area contributed by atoms with Crippen molar-refractivity contribution < 1.29 is 9.90 Å². The van der Waals surface area contributed by atoms with Crippen LogP contribution in [0.1, 0.15) is 0 Å². The molecule has 0 aliphatic heterocycles. The van der Waals surface area contributed by atoms with Gasteiger partial charge in [0, 0.05) is 0 Å². The number of hydrogen-bond donors (Lipinski definition) is 3. The lowest BCUT2D eigenvalue weighted by molar-refractivity contribution is -0.112. The number of carbonyl (C=O) groups excluding carboxylic acids is 1. The van der Waals surface area contributed by atoms with E-state index in [1.165, 1.54) is 0 Å². The van der Waals surface area contributed by atoms with Gasteiger partial charge in [-0.3, -0.25) is 4.79 Å². The summed E-state index contributed by atoms with van der Waals surface area (Å²) in [6.07, 6.45) is 0. The second kappa shape index (κ2) is 3.01. The van der Waals surface area contributed by atoms with Gasteiger partial charge < -0.3 is 10.8 Å². The van der Waals surface area contributed by atoms with Crippen molar-refractivity contribution in [3.05, 3.63) is 0 Å². The minimum absolute atomic E-state index is 0.331. The predicted octanol–water partition coefficient (Wildman–Crippen LogP) is -1.24. The van der Waals surface area contributed by atoms with Crippen LogP contribution in [-0.4, -0.2) is 22.9 Å². The molecule has 0 fully saturated rings. The highest BCUT2D eigenvalue weighted by atomic mass is 32.1.